The molecule has 0 unspecified atom stereocenters. The summed E-state index contributed by atoms with van der Waals surface area (Å²) in [4.78, 5) is 29.1. The van der Waals surface area contributed by atoms with Gasteiger partial charge in [0.2, 0.25) is 5.91 Å². The minimum absolute atomic E-state index is 0.0842. The first-order chi connectivity index (χ1) is 12.6. The third-order valence-electron chi connectivity index (χ3n) is 4.48. The lowest BCUT2D eigenvalue weighted by molar-refractivity contribution is -0.138. The molecule has 0 saturated carbocycles. The molecule has 0 aromatic heterocycles. The zero-order valence-electron chi connectivity index (χ0n) is 16.4. The molecule has 0 bridgehead atoms. The second-order valence-corrected chi connectivity index (χ2v) is 8.62. The summed E-state index contributed by atoms with van der Waals surface area (Å²) in [5.74, 6) is -0.0842. The molecule has 1 aliphatic rings. The van der Waals surface area contributed by atoms with E-state index in [9.17, 15) is 9.59 Å². The lowest BCUT2D eigenvalue weighted by Crippen LogP contribution is -2.53. The van der Waals surface area contributed by atoms with Crippen LogP contribution in [0.3, 0.4) is 0 Å². The van der Waals surface area contributed by atoms with Crippen molar-refractivity contribution in [3.8, 4) is 0 Å². The van der Waals surface area contributed by atoms with Crippen LogP contribution in [0.2, 0.25) is 10.0 Å². The van der Waals surface area contributed by atoms with Crippen molar-refractivity contribution in [1.29, 1.82) is 0 Å². The third kappa shape index (κ3) is 6.01. The molecule has 0 spiro atoms. The molecule has 5 nitrogen and oxygen atoms in total. The van der Waals surface area contributed by atoms with E-state index in [4.69, 9.17) is 27.9 Å². The topological polar surface area (TPSA) is 49.9 Å². The minimum atomic E-state index is -0.596. The third-order valence-corrected chi connectivity index (χ3v) is 5.08. The molecule has 1 saturated heterocycles. The van der Waals surface area contributed by atoms with Crippen LogP contribution in [0, 0.1) is 0 Å². The number of nitrogens with zero attached hydrogens (tertiary/aromatic N) is 2. The predicted octanol–water partition coefficient (Wildman–Crippen LogP) is 5.13. The first kappa shape index (κ1) is 21.8. The summed E-state index contributed by atoms with van der Waals surface area (Å²) in [5.41, 5.74) is 0.194. The maximum absolute atomic E-state index is 13.2. The van der Waals surface area contributed by atoms with E-state index in [2.05, 4.69) is 0 Å². The van der Waals surface area contributed by atoms with Crippen LogP contribution in [0.15, 0.2) is 18.2 Å². The summed E-state index contributed by atoms with van der Waals surface area (Å²) < 4.78 is 5.50. The summed E-state index contributed by atoms with van der Waals surface area (Å²) in [5, 5.41) is 1.14. The van der Waals surface area contributed by atoms with Gasteiger partial charge in [0.25, 0.3) is 0 Å². The molecule has 1 aliphatic heterocycles. The molecule has 1 fully saturated rings. The number of piperidine rings is 1. The number of likely N-dealkylation sites (tertiary alicyclic amines) is 1. The maximum atomic E-state index is 13.2. The van der Waals surface area contributed by atoms with Gasteiger partial charge in [0.1, 0.15) is 11.6 Å². The van der Waals surface area contributed by atoms with E-state index in [0.29, 0.717) is 36.1 Å². The largest absolute Gasteiger partial charge is 0.444 e. The molecule has 27 heavy (non-hydrogen) atoms. The molecule has 2 rings (SSSR count). The standard InChI is InChI=1S/C20H28Cl2N2O3/c1-5-23(13-14-12-15(21)9-10-16(14)22)18(25)17-8-6-7-11-24(17)19(26)27-20(2,3)4/h9-10,12,17H,5-8,11,13H2,1-4H3/t17-/m0/s1. The van der Waals surface area contributed by atoms with Gasteiger partial charge in [-0.25, -0.2) is 4.79 Å². The molecule has 7 heteroatoms. The van der Waals surface area contributed by atoms with Gasteiger partial charge in [-0.1, -0.05) is 23.2 Å². The first-order valence-corrected chi connectivity index (χ1v) is 10.1. The summed E-state index contributed by atoms with van der Waals surface area (Å²) >= 11 is 12.3. The first-order valence-electron chi connectivity index (χ1n) is 9.34. The lowest BCUT2D eigenvalue weighted by atomic mass is 10.0. The highest BCUT2D eigenvalue weighted by Gasteiger charge is 2.36. The molecular weight excluding hydrogens is 387 g/mol. The number of likely N-dealkylation sites (N-methyl/N-ethyl adjacent to an activating group) is 1. The Bertz CT molecular complexity index is 688. The molecule has 2 amide bonds. The second kappa shape index (κ2) is 9.16. The van der Waals surface area contributed by atoms with E-state index in [-0.39, 0.29) is 5.91 Å². The van der Waals surface area contributed by atoms with E-state index in [1.165, 1.54) is 0 Å². The smallest absolute Gasteiger partial charge is 0.410 e. The van der Waals surface area contributed by atoms with E-state index in [1.54, 1.807) is 28.0 Å². The fraction of sp³-hybridized carbons (Fsp3) is 0.600. The van der Waals surface area contributed by atoms with Crippen molar-refractivity contribution in [3.63, 3.8) is 0 Å². The van der Waals surface area contributed by atoms with E-state index in [1.807, 2.05) is 27.7 Å². The lowest BCUT2D eigenvalue weighted by Gasteiger charge is -2.38. The Morgan fingerprint density at radius 3 is 2.59 bits per heavy atom. The number of carbonyl (C=O) groups excluding carboxylic acids is 2. The van der Waals surface area contributed by atoms with Crippen LogP contribution in [-0.4, -0.2) is 46.5 Å². The molecule has 0 N–H and O–H groups in total. The zero-order chi connectivity index (χ0) is 20.2. The van der Waals surface area contributed by atoms with Gasteiger partial charge in [0.15, 0.2) is 0 Å². The Balaban J connectivity index is 2.17. The van der Waals surface area contributed by atoms with Crippen molar-refractivity contribution in [2.24, 2.45) is 0 Å². The van der Waals surface area contributed by atoms with Gasteiger partial charge >= 0.3 is 6.09 Å². The molecule has 0 radical (unpaired) electrons. The number of ether oxygens (including phenoxy) is 1. The van der Waals surface area contributed by atoms with Crippen molar-refractivity contribution in [1.82, 2.24) is 9.80 Å². The number of carbonyl (C=O) groups is 2. The van der Waals surface area contributed by atoms with Crippen molar-refractivity contribution in [3.05, 3.63) is 33.8 Å². The Hall–Kier alpha value is -1.46. The normalized spacial score (nSPS) is 17.6. The summed E-state index contributed by atoms with van der Waals surface area (Å²) in [6.45, 7) is 8.78. The number of halogens is 2. The van der Waals surface area contributed by atoms with Gasteiger partial charge in [-0.3, -0.25) is 9.69 Å². The Labute approximate surface area is 171 Å². The fourth-order valence-electron chi connectivity index (χ4n) is 3.15. The van der Waals surface area contributed by atoms with E-state index >= 15 is 0 Å². The highest BCUT2D eigenvalue weighted by molar-refractivity contribution is 6.33. The zero-order valence-corrected chi connectivity index (χ0v) is 17.9. The quantitative estimate of drug-likeness (QED) is 0.685. The Morgan fingerprint density at radius 1 is 1.26 bits per heavy atom. The Kier molecular flexibility index (Phi) is 7.40. The maximum Gasteiger partial charge on any atom is 0.410 e. The summed E-state index contributed by atoms with van der Waals surface area (Å²) in [6, 6.07) is 4.71. The SMILES string of the molecule is CCN(Cc1cc(Cl)ccc1Cl)C(=O)[C@@H]1CCCCN1C(=O)OC(C)(C)C. The highest BCUT2D eigenvalue weighted by atomic mass is 35.5. The van der Waals surface area contributed by atoms with Crippen LogP contribution < -0.4 is 0 Å². The van der Waals surface area contributed by atoms with Crippen molar-refractivity contribution in [2.75, 3.05) is 13.1 Å². The highest BCUT2D eigenvalue weighted by Crippen LogP contribution is 2.25. The predicted molar refractivity (Wildman–Crippen MR) is 108 cm³/mol. The van der Waals surface area contributed by atoms with Gasteiger partial charge in [-0.15, -0.1) is 0 Å². The second-order valence-electron chi connectivity index (χ2n) is 7.77. The van der Waals surface area contributed by atoms with Gasteiger partial charge in [-0.05, 0) is 70.7 Å². The number of hydrogen-bond donors (Lipinski definition) is 0. The van der Waals surface area contributed by atoms with Gasteiger partial charge in [0.05, 0.1) is 0 Å². The van der Waals surface area contributed by atoms with Crippen molar-refractivity contribution < 1.29 is 14.3 Å². The molecule has 1 heterocycles. The molecule has 1 aromatic rings. The number of rotatable bonds is 4. The average molecular weight is 415 g/mol. The van der Waals surface area contributed by atoms with E-state index < -0.39 is 17.7 Å². The van der Waals surface area contributed by atoms with Crippen LogP contribution in [-0.2, 0) is 16.1 Å². The van der Waals surface area contributed by atoms with Crippen LogP contribution in [0.1, 0.15) is 52.5 Å². The van der Waals surface area contributed by atoms with Crippen LogP contribution >= 0.6 is 23.2 Å². The molecule has 1 atom stereocenters. The van der Waals surface area contributed by atoms with Crippen LogP contribution in [0.5, 0.6) is 0 Å². The van der Waals surface area contributed by atoms with Gasteiger partial charge in [0, 0.05) is 29.7 Å². The fourth-order valence-corrected chi connectivity index (χ4v) is 3.53. The Morgan fingerprint density at radius 2 is 1.96 bits per heavy atom. The number of benzene rings is 1. The molecule has 1 aromatic carbocycles. The van der Waals surface area contributed by atoms with Crippen molar-refractivity contribution >= 4 is 35.2 Å². The van der Waals surface area contributed by atoms with Gasteiger partial charge < -0.3 is 9.64 Å². The summed E-state index contributed by atoms with van der Waals surface area (Å²) in [7, 11) is 0. The van der Waals surface area contributed by atoms with E-state index in [0.717, 1.165) is 18.4 Å². The minimum Gasteiger partial charge on any atom is -0.444 e. The number of hydrogen-bond acceptors (Lipinski definition) is 3. The van der Waals surface area contributed by atoms with Crippen LogP contribution in [0.4, 0.5) is 4.79 Å². The molecule has 150 valence electrons. The number of amides is 2. The molecular formula is C20H28Cl2N2O3. The van der Waals surface area contributed by atoms with Crippen molar-refractivity contribution in [2.45, 2.75) is 65.1 Å². The summed E-state index contributed by atoms with van der Waals surface area (Å²) in [6.07, 6.45) is 1.98. The molecule has 0 aliphatic carbocycles. The monoisotopic (exact) mass is 414 g/mol. The average Bonchev–Trinajstić information content (AvgIpc) is 2.60. The van der Waals surface area contributed by atoms with Crippen LogP contribution in [0.25, 0.3) is 0 Å². The van der Waals surface area contributed by atoms with Gasteiger partial charge in [-0.2, -0.15) is 0 Å².